The summed E-state index contributed by atoms with van der Waals surface area (Å²) in [6, 6.07) is 0. The van der Waals surface area contributed by atoms with Crippen molar-refractivity contribution in [3.05, 3.63) is 11.6 Å². The molecule has 0 unspecified atom stereocenters. The van der Waals surface area contributed by atoms with Crippen molar-refractivity contribution in [2.75, 3.05) is 26.4 Å². The van der Waals surface area contributed by atoms with Crippen LogP contribution in [0.4, 0.5) is 0 Å². The molecule has 0 aromatic rings. The first-order chi connectivity index (χ1) is 36.1. The van der Waals surface area contributed by atoms with Crippen molar-refractivity contribution in [3.63, 3.8) is 0 Å². The number of hydrogen-bond donors (Lipinski definition) is 12. The van der Waals surface area contributed by atoms with E-state index in [0.717, 1.165) is 56.9 Å². The van der Waals surface area contributed by atoms with Crippen LogP contribution in [0.15, 0.2) is 11.6 Å². The van der Waals surface area contributed by atoms with Crippen molar-refractivity contribution >= 4 is 5.97 Å². The number of rotatable bonds is 16. The predicted molar refractivity (Wildman–Crippen MR) is 266 cm³/mol. The van der Waals surface area contributed by atoms with E-state index in [4.69, 9.17) is 42.6 Å². The molecule has 4 aliphatic heterocycles. The minimum atomic E-state index is -1.78. The van der Waals surface area contributed by atoms with Crippen LogP contribution in [-0.4, -0.2) is 223 Å². The van der Waals surface area contributed by atoms with Crippen LogP contribution < -0.4 is 0 Å². The van der Waals surface area contributed by atoms with Gasteiger partial charge in [0, 0.05) is 6.92 Å². The molecule has 2 spiro atoms. The zero-order chi connectivity index (χ0) is 56.1. The molecule has 0 bridgehead atoms. The number of carbonyl (C=O) groups excluding carboxylic acids is 1. The summed E-state index contributed by atoms with van der Waals surface area (Å²) in [5, 5.41) is 129. The number of ether oxygens (including phenoxy) is 9. The van der Waals surface area contributed by atoms with Crippen LogP contribution in [0.1, 0.15) is 120 Å². The molecule has 0 radical (unpaired) electrons. The van der Waals surface area contributed by atoms with Crippen LogP contribution in [0.25, 0.3) is 0 Å². The number of aliphatic hydroxyl groups is 12. The first-order valence-corrected chi connectivity index (χ1v) is 28.2. The van der Waals surface area contributed by atoms with Crippen molar-refractivity contribution in [2.24, 2.45) is 50.7 Å². The van der Waals surface area contributed by atoms with Crippen molar-refractivity contribution in [3.8, 4) is 0 Å². The zero-order valence-corrected chi connectivity index (χ0v) is 45.9. The lowest BCUT2D eigenvalue weighted by Crippen LogP contribution is -2.64. The fraction of sp³-hybridized carbons (Fsp3) is 0.945. The zero-order valence-electron chi connectivity index (χ0n) is 45.9. The van der Waals surface area contributed by atoms with E-state index >= 15 is 0 Å². The van der Waals surface area contributed by atoms with Crippen LogP contribution in [0.2, 0.25) is 0 Å². The largest absolute Gasteiger partial charge is 0.463 e. The molecule has 442 valence electrons. The van der Waals surface area contributed by atoms with E-state index in [2.05, 4.69) is 34.6 Å². The predicted octanol–water partition coefficient (Wildman–Crippen LogP) is -0.354. The Balaban J connectivity index is 0.781. The van der Waals surface area contributed by atoms with Gasteiger partial charge in [0.25, 0.3) is 0 Å². The van der Waals surface area contributed by atoms with E-state index in [1.807, 2.05) is 13.0 Å². The molecule has 9 fully saturated rings. The summed E-state index contributed by atoms with van der Waals surface area (Å²) in [6.45, 7) is 15.4. The van der Waals surface area contributed by atoms with Crippen LogP contribution in [0, 0.1) is 50.7 Å². The highest BCUT2D eigenvalue weighted by Gasteiger charge is 2.82. The Hall–Kier alpha value is -1.59. The molecule has 4 heterocycles. The van der Waals surface area contributed by atoms with Gasteiger partial charge in [-0.3, -0.25) is 4.79 Å². The SMILES string of the molecule is CC(=O)OC[C@H]1O[C@@H](OC/C(C)=C\C[C@H](O)[C@@H](C)[C@H]2CC[C@@]3(C)[C@@H]4CC[C@H]5C(C)(C)[C@@H](O[C@@H]6O[C@H](C)[C@H](O[C@@H]7O[C@H](CO[C@@H]8OC[C@@H](O)[C@H](O)[C@H]8O)[C@@H](O)[C@H](O)[C@H]7O)[C@H](O)[C@H]6O)CC[C@@]56C[C@@]46CC[C@]23C)[C@H](O)[C@@H](O)[C@@H]1O. The molecule has 9 rings (SSSR count). The number of fused-ring (bicyclic) bond motifs is 2. The maximum Gasteiger partial charge on any atom is 0.302 e. The maximum atomic E-state index is 11.8. The van der Waals surface area contributed by atoms with Gasteiger partial charge < -0.3 is 104 Å². The van der Waals surface area contributed by atoms with E-state index in [0.29, 0.717) is 24.2 Å². The molecule has 0 aromatic heterocycles. The minimum absolute atomic E-state index is 0.0256. The Morgan fingerprint density at radius 2 is 1.22 bits per heavy atom. The molecule has 12 N–H and O–H groups in total. The van der Waals surface area contributed by atoms with Gasteiger partial charge in [-0.2, -0.15) is 0 Å². The van der Waals surface area contributed by atoms with Crippen LogP contribution in [-0.2, 0) is 47.4 Å². The smallest absolute Gasteiger partial charge is 0.302 e. The lowest BCUT2D eigenvalue weighted by atomic mass is 9.41. The van der Waals surface area contributed by atoms with Crippen LogP contribution in [0.5, 0.6) is 0 Å². The van der Waals surface area contributed by atoms with Gasteiger partial charge in [0.15, 0.2) is 25.2 Å². The lowest BCUT2D eigenvalue weighted by Gasteiger charge is -2.63. The summed E-state index contributed by atoms with van der Waals surface area (Å²) in [4.78, 5) is 11.3. The molecule has 22 heteroatoms. The summed E-state index contributed by atoms with van der Waals surface area (Å²) in [5.74, 6) is 0.663. The average Bonchev–Trinajstić information content (AvgIpc) is 2.75. The Morgan fingerprint density at radius 3 is 1.91 bits per heavy atom. The highest BCUT2D eigenvalue weighted by atomic mass is 16.8. The summed E-state index contributed by atoms with van der Waals surface area (Å²) in [7, 11) is 0. The van der Waals surface area contributed by atoms with Gasteiger partial charge in [-0.15, -0.1) is 0 Å². The lowest BCUT2D eigenvalue weighted by molar-refractivity contribution is -0.367. The van der Waals surface area contributed by atoms with Gasteiger partial charge in [0.1, 0.15) is 92.1 Å². The maximum absolute atomic E-state index is 11.8. The number of hydrogen-bond acceptors (Lipinski definition) is 22. The first kappa shape index (κ1) is 60.0. The summed E-state index contributed by atoms with van der Waals surface area (Å²) in [5.41, 5.74) is 0.969. The fourth-order valence-corrected chi connectivity index (χ4v) is 16.8. The number of esters is 1. The van der Waals surface area contributed by atoms with Gasteiger partial charge in [-0.1, -0.05) is 46.3 Å². The molecule has 0 amide bonds. The Labute approximate surface area is 450 Å². The van der Waals surface area contributed by atoms with Crippen LogP contribution in [0.3, 0.4) is 0 Å². The molecular formula is C55H90O22. The second-order valence-electron chi connectivity index (χ2n) is 25.9. The third-order valence-electron chi connectivity index (χ3n) is 21.6. The van der Waals surface area contributed by atoms with Gasteiger partial charge in [0.2, 0.25) is 0 Å². The van der Waals surface area contributed by atoms with E-state index in [-0.39, 0.29) is 58.9 Å². The van der Waals surface area contributed by atoms with Crippen molar-refractivity contribution in [1.82, 2.24) is 0 Å². The van der Waals surface area contributed by atoms with Gasteiger partial charge in [-0.25, -0.2) is 0 Å². The molecule has 5 aliphatic carbocycles. The van der Waals surface area contributed by atoms with E-state index in [1.165, 1.54) is 13.3 Å². The molecule has 77 heavy (non-hydrogen) atoms. The van der Waals surface area contributed by atoms with Gasteiger partial charge in [0.05, 0.1) is 38.1 Å². The second kappa shape index (κ2) is 22.5. The highest BCUT2D eigenvalue weighted by molar-refractivity contribution is 5.65. The summed E-state index contributed by atoms with van der Waals surface area (Å²) in [6.07, 6.45) is -16.7. The van der Waals surface area contributed by atoms with Gasteiger partial charge >= 0.3 is 5.97 Å². The first-order valence-electron chi connectivity index (χ1n) is 28.2. The summed E-state index contributed by atoms with van der Waals surface area (Å²) < 4.78 is 52.0. The molecular weight excluding hydrogens is 1010 g/mol. The molecule has 5 saturated carbocycles. The molecule has 29 atom stereocenters. The Morgan fingerprint density at radius 1 is 0.623 bits per heavy atom. The average molecular weight is 1100 g/mol. The second-order valence-corrected chi connectivity index (χ2v) is 25.9. The third kappa shape index (κ3) is 10.4. The quantitative estimate of drug-likeness (QED) is 0.0534. The molecule has 22 nitrogen and oxygen atoms in total. The normalized spacial score (nSPS) is 52.3. The Kier molecular flexibility index (Phi) is 17.6. The van der Waals surface area contributed by atoms with Crippen molar-refractivity contribution in [2.45, 2.75) is 249 Å². The third-order valence-corrected chi connectivity index (χ3v) is 21.6. The molecule has 4 saturated heterocycles. The Bertz CT molecular complexity index is 2080. The highest BCUT2D eigenvalue weighted by Crippen LogP contribution is 2.89. The number of carbonyl (C=O) groups is 1. The number of aliphatic hydroxyl groups excluding tert-OH is 12. The monoisotopic (exact) mass is 1100 g/mol. The summed E-state index contributed by atoms with van der Waals surface area (Å²) >= 11 is 0. The topological polar surface area (TPSA) is 343 Å². The van der Waals surface area contributed by atoms with Crippen LogP contribution >= 0.6 is 0 Å². The van der Waals surface area contributed by atoms with E-state index < -0.39 is 135 Å². The van der Waals surface area contributed by atoms with E-state index in [9.17, 15) is 66.1 Å². The van der Waals surface area contributed by atoms with Crippen molar-refractivity contribution < 1.29 is 109 Å². The standard InChI is InChI=1S/C55H90O22/c1-24(19-70-48-43(66)39(62)37(60)31(74-48)21-69-27(4)56)9-10-29(57)25(2)28-13-15-53(8)34-12-11-33-51(5,6)35(14-16-54(33)23-55(34,54)18-17-52(28,53)7)76-49-45(68)41(64)46(26(3)73-49)77-50-44(67)40(63)38(61)32(75-50)22-72-47-42(65)36(59)30(58)20-71-47/h9,25-26,28-50,57-68H,10-23H2,1-8H3/b24-9-/t25-,26+,28+,29-,30+,31+,32+,33-,34-,35-,36-,37+,38+,39-,40-,41+,42+,43+,44+,45+,46-,47-,48+,49-,50-,52+,53-,54+,55-/m0/s1. The molecule has 9 aliphatic rings. The van der Waals surface area contributed by atoms with E-state index in [1.54, 1.807) is 6.92 Å². The fourth-order valence-electron chi connectivity index (χ4n) is 16.8. The van der Waals surface area contributed by atoms with Crippen molar-refractivity contribution in [1.29, 1.82) is 0 Å². The van der Waals surface area contributed by atoms with Gasteiger partial charge in [-0.05, 0) is 129 Å². The molecule has 0 aromatic carbocycles. The minimum Gasteiger partial charge on any atom is -0.463 e.